The highest BCUT2D eigenvalue weighted by Gasteiger charge is 2.32. The molecule has 5 atom stereocenters. The van der Waals surface area contributed by atoms with Gasteiger partial charge in [0.15, 0.2) is 34.5 Å². The van der Waals surface area contributed by atoms with E-state index in [0.717, 1.165) is 12.8 Å². The summed E-state index contributed by atoms with van der Waals surface area (Å²) in [4.78, 5) is 49.2. The van der Waals surface area contributed by atoms with Gasteiger partial charge in [0.2, 0.25) is 17.2 Å². The molecule has 0 spiro atoms. The average molecular weight is 1100 g/mol. The van der Waals surface area contributed by atoms with Crippen LogP contribution in [0.25, 0.3) is 0 Å². The Balaban J connectivity index is 0.000000174. The summed E-state index contributed by atoms with van der Waals surface area (Å²) in [7, 11) is 0. The van der Waals surface area contributed by atoms with E-state index in [1.807, 2.05) is 65.8 Å². The topological polar surface area (TPSA) is 197 Å². The molecule has 3 aliphatic rings. The first-order chi connectivity index (χ1) is 38.6. The molecule has 0 amide bonds. The highest BCUT2D eigenvalue weighted by atomic mass is 16.9. The van der Waals surface area contributed by atoms with E-state index in [-0.39, 0.29) is 17.5 Å². The van der Waals surface area contributed by atoms with Gasteiger partial charge in [0.1, 0.15) is 11.5 Å². The quantitative estimate of drug-likeness (QED) is 0.0421. The van der Waals surface area contributed by atoms with Crippen molar-refractivity contribution in [2.24, 2.45) is 5.41 Å². The van der Waals surface area contributed by atoms with Crippen molar-refractivity contribution in [1.29, 1.82) is 0 Å². The Morgan fingerprint density at radius 1 is 0.438 bits per heavy atom. The first-order valence-corrected chi connectivity index (χ1v) is 26.7. The monoisotopic (exact) mass is 1100 g/mol. The second-order valence-corrected chi connectivity index (χ2v) is 18.9. The molecular weight excluding hydrogens is 1030 g/mol. The van der Waals surface area contributed by atoms with Crippen LogP contribution in [0.5, 0.6) is 63.2 Å². The van der Waals surface area contributed by atoms with Crippen molar-refractivity contribution in [2.45, 2.75) is 120 Å². The maximum absolute atomic E-state index is 12.5. The van der Waals surface area contributed by atoms with Gasteiger partial charge in [0.05, 0.1) is 36.4 Å². The van der Waals surface area contributed by atoms with Crippen LogP contribution in [-0.2, 0) is 19.0 Å². The van der Waals surface area contributed by atoms with E-state index >= 15 is 0 Å². The van der Waals surface area contributed by atoms with Crippen molar-refractivity contribution in [3.63, 3.8) is 0 Å². The summed E-state index contributed by atoms with van der Waals surface area (Å²) in [6.07, 6.45) is 1.91. The van der Waals surface area contributed by atoms with Crippen LogP contribution in [0.1, 0.15) is 132 Å². The number of carbonyl (C=O) groups excluding carboxylic acids is 4. The number of hydrogen-bond acceptors (Lipinski definition) is 18. The fourth-order valence-electron chi connectivity index (χ4n) is 7.50. The summed E-state index contributed by atoms with van der Waals surface area (Å²) in [6.45, 7) is 18.4. The fraction of sp³-hybridized carbons (Fsp3) is 0.355. The minimum Gasteiger partial charge on any atom is -0.428 e. The van der Waals surface area contributed by atoms with E-state index in [4.69, 9.17) is 66.3 Å². The normalized spacial score (nSPS) is 15.9. The maximum Gasteiger partial charge on any atom is 0.519 e. The Labute approximate surface area is 465 Å². The number of carbonyl (C=O) groups is 4. The minimum atomic E-state index is -0.865. The van der Waals surface area contributed by atoms with Gasteiger partial charge in [0, 0.05) is 0 Å². The Kier molecular flexibility index (Phi) is 20.8. The number of ether oxygens (including phenoxy) is 14. The van der Waals surface area contributed by atoms with E-state index in [2.05, 4.69) is 27.7 Å². The summed E-state index contributed by atoms with van der Waals surface area (Å²) in [5.41, 5.74) is 2.62. The third-order valence-electron chi connectivity index (χ3n) is 13.0. The Bertz CT molecular complexity index is 3030. The molecular formula is C62H68O18. The minimum absolute atomic E-state index is 0.214. The third-order valence-corrected chi connectivity index (χ3v) is 13.0. The van der Waals surface area contributed by atoms with Gasteiger partial charge in [-0.25, -0.2) is 14.4 Å². The molecule has 0 N–H and O–H groups in total. The largest absolute Gasteiger partial charge is 0.519 e. The predicted octanol–water partition coefficient (Wildman–Crippen LogP) is 13.7. The van der Waals surface area contributed by atoms with Crippen molar-refractivity contribution in [2.75, 3.05) is 19.8 Å². The predicted molar refractivity (Wildman–Crippen MR) is 292 cm³/mol. The molecule has 9 rings (SSSR count). The van der Waals surface area contributed by atoms with Crippen LogP contribution in [0.3, 0.4) is 0 Å². The SMILES string of the molecule is CCOC1Oc2cccc(OC(=O)Oc3ccc(C(C)CC)cc3)c2O1.CCOC1Oc2cccc(OC(=O)c3ccc(C(C)CC)cc3)c2O1.CCOC1Oc2cccc(OC(=O)c3ccc(OC(=O)C(C)(C)CC)cc3)c2O1. The summed E-state index contributed by atoms with van der Waals surface area (Å²) in [5, 5.41) is 0. The summed E-state index contributed by atoms with van der Waals surface area (Å²) in [6, 6.07) is 36.2. The lowest BCUT2D eigenvalue weighted by atomic mass is 9.91. The molecule has 0 aliphatic carbocycles. The molecule has 0 saturated heterocycles. The Morgan fingerprint density at radius 2 is 0.787 bits per heavy atom. The molecule has 3 heterocycles. The molecule has 18 heteroatoms. The molecule has 0 bridgehead atoms. The van der Waals surface area contributed by atoms with Crippen LogP contribution in [0.4, 0.5) is 4.79 Å². The lowest BCUT2D eigenvalue weighted by Gasteiger charge is -2.20. The lowest BCUT2D eigenvalue weighted by molar-refractivity contribution is -0.174. The third kappa shape index (κ3) is 15.5. The van der Waals surface area contributed by atoms with Gasteiger partial charge in [-0.15, -0.1) is 0 Å². The molecule has 0 radical (unpaired) electrons. The maximum atomic E-state index is 12.5. The van der Waals surface area contributed by atoms with Crippen molar-refractivity contribution in [1.82, 2.24) is 0 Å². The van der Waals surface area contributed by atoms with Crippen LogP contribution in [0.15, 0.2) is 127 Å². The first kappa shape index (κ1) is 59.3. The van der Waals surface area contributed by atoms with Crippen molar-refractivity contribution in [3.05, 3.63) is 150 Å². The summed E-state index contributed by atoms with van der Waals surface area (Å²) in [5.74, 6) is 3.52. The number of fused-ring (bicyclic) bond motifs is 3. The molecule has 3 aliphatic heterocycles. The second kappa shape index (κ2) is 28.0. The van der Waals surface area contributed by atoms with E-state index in [0.29, 0.717) is 101 Å². The summed E-state index contributed by atoms with van der Waals surface area (Å²) < 4.78 is 75.7. The molecule has 6 aromatic carbocycles. The van der Waals surface area contributed by atoms with Crippen LogP contribution >= 0.6 is 0 Å². The standard InChI is InChI=1S/C22H24O7.C20H22O6.C20H22O5/c1-5-22(3,4)20(24)26-15-12-10-14(11-13-15)19(23)27-16-8-7-9-17-18(16)29-21(28-17)25-6-2;1-4-13(3)14-9-11-15(12-10-14)23-19(21)24-16-7-6-8-17-18(16)26-20(25-17)22-5-2;1-4-13(3)14-9-11-15(12-10-14)19(21)23-16-7-6-8-17-18(16)25-20(24-17)22-5-2/h7-13,21H,5-6H2,1-4H3;6-13,20H,4-5H2,1-3H3;6-13,20H,4-5H2,1-3H3. The van der Waals surface area contributed by atoms with Gasteiger partial charge in [0.25, 0.3) is 0 Å². The zero-order valence-electron chi connectivity index (χ0n) is 46.6. The molecule has 0 aromatic heterocycles. The molecule has 0 fully saturated rings. The number of benzene rings is 6. The number of rotatable bonds is 19. The first-order valence-electron chi connectivity index (χ1n) is 26.7. The lowest BCUT2D eigenvalue weighted by Crippen LogP contribution is -2.28. The average Bonchev–Trinajstić information content (AvgIpc) is 4.22. The van der Waals surface area contributed by atoms with Gasteiger partial charge >= 0.3 is 43.5 Å². The smallest absolute Gasteiger partial charge is 0.428 e. The molecule has 18 nitrogen and oxygen atoms in total. The molecule has 424 valence electrons. The Hall–Kier alpha value is -8.32. The molecule has 6 aromatic rings. The molecule has 80 heavy (non-hydrogen) atoms. The van der Waals surface area contributed by atoms with E-state index in [1.54, 1.807) is 91.0 Å². The van der Waals surface area contributed by atoms with Crippen molar-refractivity contribution >= 4 is 24.1 Å². The Morgan fingerprint density at radius 3 is 1.16 bits per heavy atom. The highest BCUT2D eigenvalue weighted by Crippen LogP contribution is 2.45. The fourth-order valence-corrected chi connectivity index (χ4v) is 7.50. The van der Waals surface area contributed by atoms with Gasteiger partial charge in [-0.05, 0) is 162 Å². The van der Waals surface area contributed by atoms with Gasteiger partial charge in [-0.1, -0.05) is 77.1 Å². The number of hydrogen-bond donors (Lipinski definition) is 0. The number of esters is 3. The van der Waals surface area contributed by atoms with Crippen molar-refractivity contribution < 1.29 is 85.5 Å². The van der Waals surface area contributed by atoms with Crippen molar-refractivity contribution in [3.8, 4) is 63.2 Å². The van der Waals surface area contributed by atoms with Gasteiger partial charge in [-0.3, -0.25) is 4.79 Å². The second-order valence-electron chi connectivity index (χ2n) is 18.9. The highest BCUT2D eigenvalue weighted by molar-refractivity contribution is 5.92. The number of para-hydroxylation sites is 3. The van der Waals surface area contributed by atoms with Gasteiger partial charge in [-0.2, -0.15) is 0 Å². The van der Waals surface area contributed by atoms with E-state index < -0.39 is 42.9 Å². The van der Waals surface area contributed by atoms with Crippen LogP contribution in [0, 0.1) is 5.41 Å². The van der Waals surface area contributed by atoms with Crippen LogP contribution < -0.4 is 52.1 Å². The zero-order chi connectivity index (χ0) is 57.3. The van der Waals surface area contributed by atoms with E-state index in [9.17, 15) is 19.2 Å². The van der Waals surface area contributed by atoms with Crippen LogP contribution in [0.2, 0.25) is 0 Å². The van der Waals surface area contributed by atoms with Gasteiger partial charge < -0.3 is 66.3 Å². The molecule has 0 saturated carbocycles. The molecule has 5 unspecified atom stereocenters. The van der Waals surface area contributed by atoms with Crippen LogP contribution in [-0.4, -0.2) is 63.3 Å². The van der Waals surface area contributed by atoms with E-state index in [1.165, 1.54) is 23.3 Å². The summed E-state index contributed by atoms with van der Waals surface area (Å²) >= 11 is 0. The zero-order valence-corrected chi connectivity index (χ0v) is 46.6.